The summed E-state index contributed by atoms with van der Waals surface area (Å²) in [7, 11) is 1.85. The lowest BCUT2D eigenvalue weighted by molar-refractivity contribution is -0.0835. The highest BCUT2D eigenvalue weighted by Gasteiger charge is 2.39. The van der Waals surface area contributed by atoms with Crippen molar-refractivity contribution in [3.05, 3.63) is 12.2 Å². The molecule has 1 heterocycles. The summed E-state index contributed by atoms with van der Waals surface area (Å²) in [6, 6.07) is 0.765. The second-order valence-electron chi connectivity index (χ2n) is 6.51. The number of rotatable bonds is 9. The Bertz CT molecular complexity index is 420. The predicted molar refractivity (Wildman–Crippen MR) is 84.4 cm³/mol. The van der Waals surface area contributed by atoms with Crippen LogP contribution in [0.25, 0.3) is 0 Å². The van der Waals surface area contributed by atoms with Crippen LogP contribution in [0, 0.1) is 0 Å². The van der Waals surface area contributed by atoms with Crippen LogP contribution in [-0.4, -0.2) is 40.1 Å². The molecule has 1 fully saturated rings. The molecule has 0 aromatic carbocycles. The molecule has 2 rings (SSSR count). The van der Waals surface area contributed by atoms with E-state index in [4.69, 9.17) is 4.74 Å². The fourth-order valence-corrected chi connectivity index (χ4v) is 3.15. The Morgan fingerprint density at radius 2 is 2.19 bits per heavy atom. The lowest BCUT2D eigenvalue weighted by Crippen LogP contribution is -2.47. The van der Waals surface area contributed by atoms with Crippen molar-refractivity contribution < 1.29 is 4.74 Å². The fraction of sp³-hybridized carbons (Fsp3) is 0.875. The maximum Gasteiger partial charge on any atom is 0.138 e. The van der Waals surface area contributed by atoms with Crippen LogP contribution in [0.15, 0.2) is 6.33 Å². The minimum atomic E-state index is 0.0914. The zero-order valence-corrected chi connectivity index (χ0v) is 13.9. The van der Waals surface area contributed by atoms with Crippen LogP contribution < -0.4 is 5.32 Å². The van der Waals surface area contributed by atoms with Gasteiger partial charge < -0.3 is 10.1 Å². The Kier molecular flexibility index (Phi) is 5.76. The highest BCUT2D eigenvalue weighted by atomic mass is 16.5. The van der Waals surface area contributed by atoms with E-state index < -0.39 is 0 Å². The smallest absolute Gasteiger partial charge is 0.138 e. The second-order valence-corrected chi connectivity index (χ2v) is 6.51. The number of nitrogens with zero attached hydrogens (tertiary/aromatic N) is 3. The molecule has 1 saturated carbocycles. The summed E-state index contributed by atoms with van der Waals surface area (Å²) in [5.41, 5.74) is 0.0914. The van der Waals surface area contributed by atoms with Crippen molar-refractivity contribution in [2.45, 2.75) is 77.0 Å². The SMILES string of the molecule is CCCNC(Cc1ncnn1C(C)C)CC1(OC)CCC1. The van der Waals surface area contributed by atoms with Gasteiger partial charge in [-0.3, -0.25) is 0 Å². The third kappa shape index (κ3) is 4.04. The van der Waals surface area contributed by atoms with Gasteiger partial charge in [-0.05, 0) is 52.5 Å². The van der Waals surface area contributed by atoms with Gasteiger partial charge in [-0.2, -0.15) is 5.10 Å². The van der Waals surface area contributed by atoms with E-state index in [1.54, 1.807) is 6.33 Å². The van der Waals surface area contributed by atoms with Crippen molar-refractivity contribution >= 4 is 0 Å². The lowest BCUT2D eigenvalue weighted by Gasteiger charge is -2.43. The lowest BCUT2D eigenvalue weighted by atomic mass is 9.75. The number of methoxy groups -OCH3 is 1. The van der Waals surface area contributed by atoms with Crippen molar-refractivity contribution in [1.82, 2.24) is 20.1 Å². The second kappa shape index (κ2) is 7.36. The van der Waals surface area contributed by atoms with Crippen molar-refractivity contribution in [2.24, 2.45) is 0 Å². The van der Waals surface area contributed by atoms with E-state index >= 15 is 0 Å². The van der Waals surface area contributed by atoms with Crippen LogP contribution in [0.2, 0.25) is 0 Å². The van der Waals surface area contributed by atoms with E-state index in [9.17, 15) is 0 Å². The van der Waals surface area contributed by atoms with Crippen LogP contribution >= 0.6 is 0 Å². The summed E-state index contributed by atoms with van der Waals surface area (Å²) in [5.74, 6) is 1.07. The topological polar surface area (TPSA) is 52.0 Å². The first kappa shape index (κ1) is 16.4. The van der Waals surface area contributed by atoms with Crippen LogP contribution in [0.4, 0.5) is 0 Å². The molecule has 0 aliphatic heterocycles. The average molecular weight is 294 g/mol. The van der Waals surface area contributed by atoms with Gasteiger partial charge in [-0.1, -0.05) is 6.92 Å². The van der Waals surface area contributed by atoms with Gasteiger partial charge in [0.25, 0.3) is 0 Å². The summed E-state index contributed by atoms with van der Waals surface area (Å²) in [4.78, 5) is 4.46. The van der Waals surface area contributed by atoms with E-state index in [2.05, 4.69) is 36.2 Å². The summed E-state index contributed by atoms with van der Waals surface area (Å²) in [6.45, 7) is 7.54. The van der Waals surface area contributed by atoms with Crippen molar-refractivity contribution in [3.8, 4) is 0 Å². The first-order chi connectivity index (χ1) is 10.1. The zero-order chi connectivity index (χ0) is 15.3. The largest absolute Gasteiger partial charge is 0.378 e. The first-order valence-corrected chi connectivity index (χ1v) is 8.27. The molecule has 0 bridgehead atoms. The van der Waals surface area contributed by atoms with Gasteiger partial charge in [0.05, 0.1) is 5.60 Å². The van der Waals surface area contributed by atoms with Crippen molar-refractivity contribution in [3.63, 3.8) is 0 Å². The monoisotopic (exact) mass is 294 g/mol. The Hall–Kier alpha value is -0.940. The molecule has 5 nitrogen and oxygen atoms in total. The number of hydrogen-bond donors (Lipinski definition) is 1. The Morgan fingerprint density at radius 3 is 2.71 bits per heavy atom. The van der Waals surface area contributed by atoms with Crippen LogP contribution in [0.5, 0.6) is 0 Å². The molecule has 1 N–H and O–H groups in total. The van der Waals surface area contributed by atoms with Gasteiger partial charge >= 0.3 is 0 Å². The van der Waals surface area contributed by atoms with Crippen LogP contribution in [0.1, 0.15) is 64.7 Å². The standard InChI is InChI=1S/C16H30N4O/c1-5-9-17-14(11-16(21-4)7-6-8-16)10-15-18-12-19-20(15)13(2)3/h12-14,17H,5-11H2,1-4H3. The zero-order valence-electron chi connectivity index (χ0n) is 13.9. The van der Waals surface area contributed by atoms with Gasteiger partial charge in [0, 0.05) is 25.6 Å². The first-order valence-electron chi connectivity index (χ1n) is 8.27. The summed E-state index contributed by atoms with van der Waals surface area (Å²) < 4.78 is 7.83. The Balaban J connectivity index is 2.03. The molecule has 1 aromatic heterocycles. The van der Waals surface area contributed by atoms with Crippen molar-refractivity contribution in [2.75, 3.05) is 13.7 Å². The molecule has 1 aromatic rings. The molecule has 0 radical (unpaired) electrons. The summed E-state index contributed by atoms with van der Waals surface area (Å²) in [5, 5.41) is 8.02. The Labute approximate surface area is 128 Å². The number of hydrogen-bond acceptors (Lipinski definition) is 4. The van der Waals surface area contributed by atoms with E-state index in [0.29, 0.717) is 12.1 Å². The molecule has 0 amide bonds. The van der Waals surface area contributed by atoms with E-state index in [0.717, 1.165) is 31.6 Å². The van der Waals surface area contributed by atoms with Gasteiger partial charge in [0.15, 0.2) is 0 Å². The summed E-state index contributed by atoms with van der Waals surface area (Å²) in [6.07, 6.45) is 8.46. The number of nitrogens with one attached hydrogen (secondary N) is 1. The van der Waals surface area contributed by atoms with Crippen LogP contribution in [-0.2, 0) is 11.2 Å². The fourth-order valence-electron chi connectivity index (χ4n) is 3.15. The quantitative estimate of drug-likeness (QED) is 0.761. The third-order valence-electron chi connectivity index (χ3n) is 4.56. The predicted octanol–water partition coefficient (Wildman–Crippen LogP) is 2.73. The minimum Gasteiger partial charge on any atom is -0.378 e. The van der Waals surface area contributed by atoms with Gasteiger partial charge in [-0.15, -0.1) is 0 Å². The number of aromatic nitrogens is 3. The number of ether oxygens (including phenoxy) is 1. The van der Waals surface area contributed by atoms with E-state index in [1.807, 2.05) is 11.8 Å². The molecular weight excluding hydrogens is 264 g/mol. The highest BCUT2D eigenvalue weighted by molar-refractivity contribution is 4.98. The molecule has 1 atom stereocenters. The Morgan fingerprint density at radius 1 is 1.43 bits per heavy atom. The molecule has 1 aliphatic rings. The molecule has 120 valence electrons. The normalized spacial score (nSPS) is 18.7. The third-order valence-corrected chi connectivity index (χ3v) is 4.56. The van der Waals surface area contributed by atoms with Gasteiger partial charge in [-0.25, -0.2) is 9.67 Å². The van der Waals surface area contributed by atoms with Gasteiger partial charge in [0.1, 0.15) is 12.2 Å². The maximum absolute atomic E-state index is 5.80. The maximum atomic E-state index is 5.80. The van der Waals surface area contributed by atoms with Crippen LogP contribution in [0.3, 0.4) is 0 Å². The summed E-state index contributed by atoms with van der Waals surface area (Å²) >= 11 is 0. The van der Waals surface area contributed by atoms with Gasteiger partial charge in [0.2, 0.25) is 0 Å². The molecule has 5 heteroatoms. The minimum absolute atomic E-state index is 0.0914. The molecular formula is C16H30N4O. The highest BCUT2D eigenvalue weighted by Crippen LogP contribution is 2.39. The van der Waals surface area contributed by atoms with Crippen molar-refractivity contribution in [1.29, 1.82) is 0 Å². The molecule has 0 saturated heterocycles. The van der Waals surface area contributed by atoms with E-state index in [1.165, 1.54) is 19.3 Å². The van der Waals surface area contributed by atoms with E-state index in [-0.39, 0.29) is 5.60 Å². The molecule has 0 spiro atoms. The molecule has 1 unspecified atom stereocenters. The molecule has 1 aliphatic carbocycles. The molecule has 21 heavy (non-hydrogen) atoms. The average Bonchev–Trinajstić information content (AvgIpc) is 2.88.